The Morgan fingerprint density at radius 1 is 1.29 bits per heavy atom. The van der Waals surface area contributed by atoms with Gasteiger partial charge in [0.2, 0.25) is 11.1 Å². The summed E-state index contributed by atoms with van der Waals surface area (Å²) in [7, 11) is 0. The van der Waals surface area contributed by atoms with Crippen molar-refractivity contribution in [1.29, 1.82) is 0 Å². The van der Waals surface area contributed by atoms with Gasteiger partial charge in [-0.05, 0) is 44.7 Å². The SMILES string of the molecule is CCOc1ccccc1NC(=O)CSc1nnc(NN=C2CCCCC2)n1N. The van der Waals surface area contributed by atoms with E-state index in [0.717, 1.165) is 18.6 Å². The molecule has 1 aliphatic rings. The molecule has 0 unspecified atom stereocenters. The number of benzene rings is 1. The molecule has 1 aromatic carbocycles. The van der Waals surface area contributed by atoms with Crippen LogP contribution in [0.25, 0.3) is 0 Å². The Morgan fingerprint density at radius 2 is 2.07 bits per heavy atom. The third-order valence-corrected chi connectivity index (χ3v) is 5.15. The van der Waals surface area contributed by atoms with Gasteiger partial charge in [0, 0.05) is 5.71 Å². The number of aromatic nitrogens is 3. The highest BCUT2D eigenvalue weighted by molar-refractivity contribution is 7.99. The minimum atomic E-state index is -0.183. The van der Waals surface area contributed by atoms with Crippen LogP contribution in [0, 0.1) is 0 Å². The van der Waals surface area contributed by atoms with E-state index in [1.807, 2.05) is 25.1 Å². The molecule has 10 heteroatoms. The molecule has 1 saturated carbocycles. The summed E-state index contributed by atoms with van der Waals surface area (Å²) in [5, 5.41) is 15.7. The summed E-state index contributed by atoms with van der Waals surface area (Å²) in [6, 6.07) is 7.31. The van der Waals surface area contributed by atoms with E-state index in [-0.39, 0.29) is 11.7 Å². The number of nitrogens with zero attached hydrogens (tertiary/aromatic N) is 4. The van der Waals surface area contributed by atoms with Gasteiger partial charge in [-0.2, -0.15) is 5.10 Å². The number of carbonyl (C=O) groups excluding carboxylic acids is 1. The minimum absolute atomic E-state index is 0.143. The Balaban J connectivity index is 1.53. The van der Waals surface area contributed by atoms with E-state index in [9.17, 15) is 4.79 Å². The number of thioether (sulfide) groups is 1. The fourth-order valence-corrected chi connectivity index (χ4v) is 3.48. The number of hydrogen-bond donors (Lipinski definition) is 3. The first kappa shape index (κ1) is 20.0. The highest BCUT2D eigenvalue weighted by Crippen LogP contribution is 2.24. The number of nitrogens with one attached hydrogen (secondary N) is 2. The maximum atomic E-state index is 12.3. The summed E-state index contributed by atoms with van der Waals surface area (Å²) in [6.45, 7) is 2.42. The fourth-order valence-electron chi connectivity index (χ4n) is 2.82. The van der Waals surface area contributed by atoms with Crippen molar-refractivity contribution in [3.8, 4) is 5.75 Å². The molecular formula is C18H25N7O2S. The van der Waals surface area contributed by atoms with Crippen molar-refractivity contribution >= 4 is 35.0 Å². The molecule has 3 rings (SSSR count). The quantitative estimate of drug-likeness (QED) is 0.352. The lowest BCUT2D eigenvalue weighted by Crippen LogP contribution is -2.17. The second kappa shape index (κ2) is 9.98. The van der Waals surface area contributed by atoms with Crippen LogP contribution in [-0.2, 0) is 4.79 Å². The maximum Gasteiger partial charge on any atom is 0.264 e. The fraction of sp³-hybridized carbons (Fsp3) is 0.444. The number of hydrazone groups is 1. The minimum Gasteiger partial charge on any atom is -0.492 e. The van der Waals surface area contributed by atoms with Crippen molar-refractivity contribution in [1.82, 2.24) is 14.9 Å². The number of anilines is 2. The molecule has 0 aliphatic heterocycles. The van der Waals surface area contributed by atoms with Gasteiger partial charge >= 0.3 is 0 Å². The molecule has 0 saturated heterocycles. The number of hydrogen-bond acceptors (Lipinski definition) is 8. The molecule has 1 amide bonds. The van der Waals surface area contributed by atoms with Gasteiger partial charge in [0.15, 0.2) is 0 Å². The summed E-state index contributed by atoms with van der Waals surface area (Å²) in [5.41, 5.74) is 4.63. The third kappa shape index (κ3) is 5.38. The van der Waals surface area contributed by atoms with E-state index in [1.54, 1.807) is 6.07 Å². The lowest BCUT2D eigenvalue weighted by atomic mass is 9.99. The van der Waals surface area contributed by atoms with Crippen molar-refractivity contribution in [2.75, 3.05) is 28.9 Å². The van der Waals surface area contributed by atoms with Crippen LogP contribution in [-0.4, -0.2) is 38.9 Å². The highest BCUT2D eigenvalue weighted by Gasteiger charge is 2.14. The van der Waals surface area contributed by atoms with Crippen LogP contribution in [0.1, 0.15) is 39.0 Å². The van der Waals surface area contributed by atoms with Crippen molar-refractivity contribution < 1.29 is 9.53 Å². The zero-order valence-electron chi connectivity index (χ0n) is 15.9. The lowest BCUT2D eigenvalue weighted by Gasteiger charge is -2.12. The molecule has 2 aromatic rings. The zero-order chi connectivity index (χ0) is 19.8. The average molecular weight is 404 g/mol. The highest BCUT2D eigenvalue weighted by atomic mass is 32.2. The molecule has 1 fully saturated rings. The molecule has 150 valence electrons. The van der Waals surface area contributed by atoms with E-state index in [0.29, 0.717) is 29.1 Å². The number of nitrogen functional groups attached to an aromatic ring is 1. The second-order valence-corrected chi connectivity index (χ2v) is 7.24. The van der Waals surface area contributed by atoms with Crippen LogP contribution >= 0.6 is 11.8 Å². The molecule has 0 atom stereocenters. The molecule has 9 nitrogen and oxygen atoms in total. The largest absolute Gasteiger partial charge is 0.492 e. The maximum absolute atomic E-state index is 12.3. The molecule has 0 bridgehead atoms. The zero-order valence-corrected chi connectivity index (χ0v) is 16.7. The molecule has 1 aromatic heterocycles. The van der Waals surface area contributed by atoms with Crippen LogP contribution in [0.2, 0.25) is 0 Å². The van der Waals surface area contributed by atoms with Gasteiger partial charge < -0.3 is 15.9 Å². The lowest BCUT2D eigenvalue weighted by molar-refractivity contribution is -0.113. The normalized spacial score (nSPS) is 13.8. The predicted octanol–water partition coefficient (Wildman–Crippen LogP) is 2.85. The Morgan fingerprint density at radius 3 is 2.86 bits per heavy atom. The molecule has 4 N–H and O–H groups in total. The van der Waals surface area contributed by atoms with Crippen LogP contribution in [0.4, 0.5) is 11.6 Å². The van der Waals surface area contributed by atoms with Gasteiger partial charge in [-0.3, -0.25) is 4.79 Å². The third-order valence-electron chi connectivity index (χ3n) is 4.20. The average Bonchev–Trinajstić information content (AvgIpc) is 3.07. The number of ether oxygens (including phenoxy) is 1. The Kier molecular flexibility index (Phi) is 7.12. The smallest absolute Gasteiger partial charge is 0.264 e. The molecule has 0 spiro atoms. The van der Waals surface area contributed by atoms with Gasteiger partial charge in [0.1, 0.15) is 5.75 Å². The standard InChI is InChI=1S/C18H25N7O2S/c1-2-27-15-11-7-6-10-14(15)20-16(26)12-28-18-24-23-17(25(18)19)22-21-13-8-4-3-5-9-13/h6-7,10-11H,2-5,8-9,12,19H2,1H3,(H,20,26)(H,22,23). The van der Waals surface area contributed by atoms with Crippen LogP contribution in [0.3, 0.4) is 0 Å². The van der Waals surface area contributed by atoms with E-state index < -0.39 is 0 Å². The summed E-state index contributed by atoms with van der Waals surface area (Å²) >= 11 is 1.20. The number of rotatable bonds is 8. The summed E-state index contributed by atoms with van der Waals surface area (Å²) in [5.74, 6) is 6.96. The van der Waals surface area contributed by atoms with Gasteiger partial charge in [-0.1, -0.05) is 30.3 Å². The first-order valence-corrected chi connectivity index (χ1v) is 10.3. The summed E-state index contributed by atoms with van der Waals surface area (Å²) in [4.78, 5) is 12.3. The second-order valence-electron chi connectivity index (χ2n) is 6.29. The monoisotopic (exact) mass is 403 g/mol. The Labute approximate surface area is 168 Å². The first-order valence-electron chi connectivity index (χ1n) is 9.33. The molecule has 28 heavy (non-hydrogen) atoms. The van der Waals surface area contributed by atoms with Crippen LogP contribution in [0.5, 0.6) is 5.75 Å². The van der Waals surface area contributed by atoms with Gasteiger partial charge in [-0.15, -0.1) is 10.2 Å². The van der Waals surface area contributed by atoms with E-state index in [4.69, 9.17) is 10.6 Å². The topological polar surface area (TPSA) is 119 Å². The summed E-state index contributed by atoms with van der Waals surface area (Å²) in [6.07, 6.45) is 5.58. The van der Waals surface area contributed by atoms with Gasteiger partial charge in [-0.25, -0.2) is 10.1 Å². The predicted molar refractivity (Wildman–Crippen MR) is 111 cm³/mol. The van der Waals surface area contributed by atoms with Crippen LogP contribution in [0.15, 0.2) is 34.5 Å². The van der Waals surface area contributed by atoms with Crippen molar-refractivity contribution in [3.05, 3.63) is 24.3 Å². The number of carbonyl (C=O) groups is 1. The molecule has 0 radical (unpaired) electrons. The van der Waals surface area contributed by atoms with Crippen molar-refractivity contribution in [2.24, 2.45) is 5.10 Å². The number of amides is 1. The Hall–Kier alpha value is -2.75. The van der Waals surface area contributed by atoms with E-state index in [1.165, 1.54) is 35.7 Å². The van der Waals surface area contributed by atoms with E-state index in [2.05, 4.69) is 26.0 Å². The molecule has 1 aliphatic carbocycles. The number of para-hydroxylation sites is 2. The molecule has 1 heterocycles. The summed E-state index contributed by atoms with van der Waals surface area (Å²) < 4.78 is 6.82. The van der Waals surface area contributed by atoms with Gasteiger partial charge in [0.25, 0.3) is 5.95 Å². The first-order chi connectivity index (χ1) is 13.7. The van der Waals surface area contributed by atoms with Crippen molar-refractivity contribution in [2.45, 2.75) is 44.2 Å². The Bertz CT molecular complexity index is 829. The van der Waals surface area contributed by atoms with Gasteiger partial charge in [0.05, 0.1) is 18.0 Å². The van der Waals surface area contributed by atoms with Crippen molar-refractivity contribution in [3.63, 3.8) is 0 Å². The van der Waals surface area contributed by atoms with Crippen LogP contribution < -0.4 is 21.3 Å². The van der Waals surface area contributed by atoms with E-state index >= 15 is 0 Å². The molecular weight excluding hydrogens is 378 g/mol. The number of nitrogens with two attached hydrogens (primary N) is 1.